The van der Waals surface area contributed by atoms with Crippen LogP contribution in [0.1, 0.15) is 0 Å². The van der Waals surface area contributed by atoms with E-state index in [0.717, 1.165) is 66.5 Å². The van der Waals surface area contributed by atoms with Gasteiger partial charge in [-0.15, -0.1) is 0 Å². The zero-order valence-electron chi connectivity index (χ0n) is 32.6. The number of nitrogens with zero attached hydrogens (tertiary/aromatic N) is 4. The quantitative estimate of drug-likeness (QED) is 0.120. The van der Waals surface area contributed by atoms with Crippen molar-refractivity contribution in [2.24, 2.45) is 0 Å². The van der Waals surface area contributed by atoms with Gasteiger partial charge in [0.25, 0.3) is 0 Å². The van der Waals surface area contributed by atoms with Gasteiger partial charge in [-0.25, -0.2) is 19.9 Å². The van der Waals surface area contributed by atoms with E-state index in [4.69, 9.17) is 19.9 Å². The first kappa shape index (κ1) is 35.1. The van der Waals surface area contributed by atoms with Crippen LogP contribution < -0.4 is 0 Å². The number of rotatable bonds is 7. The second-order valence-electron chi connectivity index (χ2n) is 15.1. The smallest absolute Gasteiger partial charge is 0.164 e. The minimum atomic E-state index is 0.613. The van der Waals surface area contributed by atoms with Crippen LogP contribution in [0.15, 0.2) is 218 Å². The topological polar surface area (TPSA) is 51.6 Å². The molecule has 0 atom stereocenters. The lowest BCUT2D eigenvalue weighted by Crippen LogP contribution is -2.00. The van der Waals surface area contributed by atoms with Crippen LogP contribution >= 0.6 is 0 Å². The van der Waals surface area contributed by atoms with E-state index in [2.05, 4.69) is 206 Å². The predicted molar refractivity (Wildman–Crippen MR) is 248 cm³/mol. The summed E-state index contributed by atoms with van der Waals surface area (Å²) in [4.78, 5) is 20.6. The molecule has 0 N–H and O–H groups in total. The van der Waals surface area contributed by atoms with Gasteiger partial charge < -0.3 is 0 Å². The van der Waals surface area contributed by atoms with Crippen molar-refractivity contribution < 1.29 is 0 Å². The predicted octanol–water partition coefficient (Wildman–Crippen LogP) is 14.4. The van der Waals surface area contributed by atoms with Gasteiger partial charge in [-0.2, -0.15) is 0 Å². The van der Waals surface area contributed by atoms with Crippen molar-refractivity contribution in [1.29, 1.82) is 0 Å². The Bertz CT molecular complexity index is 3240. The van der Waals surface area contributed by atoms with Gasteiger partial charge in [0.05, 0.1) is 11.2 Å². The van der Waals surface area contributed by atoms with E-state index in [0.29, 0.717) is 17.5 Å². The molecule has 4 nitrogen and oxygen atoms in total. The van der Waals surface area contributed by atoms with E-state index in [1.165, 1.54) is 27.3 Å². The maximum absolute atomic E-state index is 5.32. The molecule has 2 aromatic heterocycles. The molecule has 0 spiro atoms. The van der Waals surface area contributed by atoms with Gasteiger partial charge in [0.1, 0.15) is 0 Å². The normalized spacial score (nSPS) is 11.3. The number of pyridine rings is 1. The minimum absolute atomic E-state index is 0.613. The monoisotopic (exact) mass is 764 g/mol. The molecular formula is C56H36N4. The van der Waals surface area contributed by atoms with Crippen molar-refractivity contribution in [3.05, 3.63) is 218 Å². The lowest BCUT2D eigenvalue weighted by Gasteiger charge is -2.13. The molecule has 0 radical (unpaired) electrons. The molecule has 4 heteroatoms. The molecule has 11 aromatic rings. The Hall–Kier alpha value is -8.08. The van der Waals surface area contributed by atoms with Crippen molar-refractivity contribution in [2.75, 3.05) is 0 Å². The number of fused-ring (bicyclic) bond motifs is 4. The average molecular weight is 765 g/mol. The summed E-state index contributed by atoms with van der Waals surface area (Å²) in [6.45, 7) is 0. The Morgan fingerprint density at radius 2 is 0.617 bits per heavy atom. The summed E-state index contributed by atoms with van der Waals surface area (Å²) in [7, 11) is 0. The highest BCUT2D eigenvalue weighted by Crippen LogP contribution is 2.37. The van der Waals surface area contributed by atoms with E-state index >= 15 is 0 Å². The van der Waals surface area contributed by atoms with Gasteiger partial charge >= 0.3 is 0 Å². The molecule has 0 saturated carbocycles. The summed E-state index contributed by atoms with van der Waals surface area (Å²) in [6, 6.07) is 76.4. The molecule has 0 aliphatic carbocycles. The largest absolute Gasteiger partial charge is 0.247 e. The summed E-state index contributed by atoms with van der Waals surface area (Å²) in [5.74, 6) is 1.86. The van der Waals surface area contributed by atoms with Gasteiger partial charge in [0.2, 0.25) is 0 Å². The Kier molecular flexibility index (Phi) is 8.79. The summed E-state index contributed by atoms with van der Waals surface area (Å²) in [5, 5.41) is 5.88. The highest BCUT2D eigenvalue weighted by atomic mass is 15.0. The van der Waals surface area contributed by atoms with E-state index in [1.54, 1.807) is 0 Å². The third-order valence-corrected chi connectivity index (χ3v) is 11.3. The first-order valence-electron chi connectivity index (χ1n) is 20.2. The average Bonchev–Trinajstić information content (AvgIpc) is 3.34. The Labute approximate surface area is 348 Å². The van der Waals surface area contributed by atoms with Crippen LogP contribution in [0, 0.1) is 0 Å². The summed E-state index contributed by atoms with van der Waals surface area (Å²) >= 11 is 0. The first-order chi connectivity index (χ1) is 29.7. The molecule has 2 heterocycles. The lowest BCUT2D eigenvalue weighted by molar-refractivity contribution is 1.07. The maximum Gasteiger partial charge on any atom is 0.164 e. The lowest BCUT2D eigenvalue weighted by atomic mass is 9.95. The molecule has 0 saturated heterocycles. The fourth-order valence-corrected chi connectivity index (χ4v) is 8.19. The fraction of sp³-hybridized carbons (Fsp3) is 0. The van der Waals surface area contributed by atoms with Gasteiger partial charge in [-0.05, 0) is 73.8 Å². The molecule has 0 amide bonds. The molecule has 60 heavy (non-hydrogen) atoms. The molecule has 0 bridgehead atoms. The van der Waals surface area contributed by atoms with Gasteiger partial charge in [-0.1, -0.05) is 194 Å². The van der Waals surface area contributed by atoms with E-state index in [1.807, 2.05) is 12.1 Å². The standard InChI is InChI=1S/C56H36N4/c1-3-13-37(14-4-1)39-25-29-41(30-26-39)54-58-55(42-31-27-40(28-32-42)38-15-5-2-6-16-38)60-56(59-54)48-22-12-20-44(34-48)43-19-11-21-47(33-43)53-50-24-10-9-23-49(50)51-35-45-17-7-8-18-46(45)36-52(51)57-53/h1-36H. The van der Waals surface area contributed by atoms with Crippen LogP contribution in [0.4, 0.5) is 0 Å². The fourth-order valence-electron chi connectivity index (χ4n) is 8.19. The molecule has 0 aliphatic rings. The maximum atomic E-state index is 5.32. The van der Waals surface area contributed by atoms with Gasteiger partial charge in [0, 0.05) is 33.0 Å². The third kappa shape index (κ3) is 6.66. The van der Waals surface area contributed by atoms with Crippen molar-refractivity contribution in [2.45, 2.75) is 0 Å². The Morgan fingerprint density at radius 3 is 1.20 bits per heavy atom. The van der Waals surface area contributed by atoms with Crippen molar-refractivity contribution in [3.63, 3.8) is 0 Å². The highest BCUT2D eigenvalue weighted by molar-refractivity contribution is 6.14. The number of aromatic nitrogens is 4. The molecule has 11 rings (SSSR count). The number of hydrogen-bond donors (Lipinski definition) is 0. The highest BCUT2D eigenvalue weighted by Gasteiger charge is 2.16. The van der Waals surface area contributed by atoms with Crippen LogP contribution in [0.2, 0.25) is 0 Å². The number of benzene rings is 9. The zero-order valence-corrected chi connectivity index (χ0v) is 32.6. The number of hydrogen-bond acceptors (Lipinski definition) is 4. The summed E-state index contributed by atoms with van der Waals surface area (Å²) in [5.41, 5.74) is 12.5. The zero-order chi connectivity index (χ0) is 39.8. The van der Waals surface area contributed by atoms with Gasteiger partial charge in [0.15, 0.2) is 17.5 Å². The molecule has 9 aromatic carbocycles. The first-order valence-corrected chi connectivity index (χ1v) is 20.2. The van der Waals surface area contributed by atoms with Crippen LogP contribution in [0.25, 0.3) is 111 Å². The van der Waals surface area contributed by atoms with E-state index in [9.17, 15) is 0 Å². The van der Waals surface area contributed by atoms with Crippen molar-refractivity contribution in [3.8, 4) is 78.8 Å². The molecular weight excluding hydrogens is 729 g/mol. The molecule has 280 valence electrons. The minimum Gasteiger partial charge on any atom is -0.247 e. The van der Waals surface area contributed by atoms with Crippen molar-refractivity contribution in [1.82, 2.24) is 19.9 Å². The molecule has 0 fully saturated rings. The van der Waals surface area contributed by atoms with Gasteiger partial charge in [-0.3, -0.25) is 0 Å². The van der Waals surface area contributed by atoms with Crippen LogP contribution in [-0.2, 0) is 0 Å². The van der Waals surface area contributed by atoms with E-state index in [-0.39, 0.29) is 0 Å². The molecule has 0 aliphatic heterocycles. The van der Waals surface area contributed by atoms with Crippen LogP contribution in [0.3, 0.4) is 0 Å². The Balaban J connectivity index is 0.998. The second-order valence-corrected chi connectivity index (χ2v) is 15.1. The Morgan fingerprint density at radius 1 is 0.217 bits per heavy atom. The SMILES string of the molecule is c1ccc(-c2ccc(-c3nc(-c4ccc(-c5ccccc5)cc4)nc(-c4cccc(-c5cccc(-c6nc7cc8ccccc8cc7c7ccccc67)c5)c4)n3)cc2)cc1. The van der Waals surface area contributed by atoms with Crippen LogP contribution in [-0.4, -0.2) is 19.9 Å². The summed E-state index contributed by atoms with van der Waals surface area (Å²) < 4.78 is 0. The molecule has 0 unspecified atom stereocenters. The summed E-state index contributed by atoms with van der Waals surface area (Å²) in [6.07, 6.45) is 0. The third-order valence-electron chi connectivity index (χ3n) is 11.3. The van der Waals surface area contributed by atoms with E-state index < -0.39 is 0 Å². The van der Waals surface area contributed by atoms with Crippen molar-refractivity contribution >= 4 is 32.4 Å². The van der Waals surface area contributed by atoms with Crippen LogP contribution in [0.5, 0.6) is 0 Å². The second kappa shape index (κ2) is 15.0.